The van der Waals surface area contributed by atoms with Crippen LogP contribution in [0.3, 0.4) is 0 Å². The van der Waals surface area contributed by atoms with Crippen molar-refractivity contribution in [3.05, 3.63) is 64.7 Å². The molecule has 0 unspecified atom stereocenters. The van der Waals surface area contributed by atoms with Crippen LogP contribution in [0.2, 0.25) is 5.02 Å². The molecule has 2 amide bonds. The average molecular weight is 389 g/mol. The fraction of sp³-hybridized carbons (Fsp3) is 0.250. The quantitative estimate of drug-likeness (QED) is 0.681. The van der Waals surface area contributed by atoms with Gasteiger partial charge in [0.05, 0.1) is 12.8 Å². The molecule has 2 rings (SSSR count). The smallest absolute Gasteiger partial charge is 0.308 e. The summed E-state index contributed by atoms with van der Waals surface area (Å²) in [5.41, 5.74) is 2.20. The maximum atomic E-state index is 11.9. The molecule has 2 aromatic carbocycles. The molecule has 0 saturated heterocycles. The summed E-state index contributed by atoms with van der Waals surface area (Å²) in [5, 5.41) is 5.82. The van der Waals surface area contributed by atoms with Crippen molar-refractivity contribution in [2.45, 2.75) is 19.8 Å². The van der Waals surface area contributed by atoms with Crippen molar-refractivity contribution >= 4 is 35.1 Å². The first-order chi connectivity index (χ1) is 13.0. The number of nitrogens with one attached hydrogen (secondary N) is 2. The molecule has 0 saturated carbocycles. The summed E-state index contributed by atoms with van der Waals surface area (Å²) in [6, 6.07) is 14.5. The molecule has 27 heavy (non-hydrogen) atoms. The summed E-state index contributed by atoms with van der Waals surface area (Å²) < 4.78 is 4.91. The van der Waals surface area contributed by atoms with Gasteiger partial charge in [0.25, 0.3) is 5.91 Å². The van der Waals surface area contributed by atoms with E-state index in [2.05, 4.69) is 10.6 Å². The maximum Gasteiger partial charge on any atom is 0.308 e. The molecule has 0 heterocycles. The highest BCUT2D eigenvalue weighted by Gasteiger charge is 2.11. The number of anilines is 1. The minimum absolute atomic E-state index is 0.00992. The Kier molecular flexibility index (Phi) is 7.82. The fourth-order valence-electron chi connectivity index (χ4n) is 2.30. The molecule has 142 valence electrons. The molecule has 6 nitrogen and oxygen atoms in total. The second kappa shape index (κ2) is 10.3. The predicted octanol–water partition coefficient (Wildman–Crippen LogP) is 2.88. The Hall–Kier alpha value is -2.86. The van der Waals surface area contributed by atoms with E-state index in [1.807, 2.05) is 30.3 Å². The molecule has 2 aromatic rings. The minimum atomic E-state index is -0.562. The van der Waals surface area contributed by atoms with Gasteiger partial charge in [-0.25, -0.2) is 0 Å². The largest absolute Gasteiger partial charge is 0.456 e. The Bertz CT molecular complexity index is 809. The van der Waals surface area contributed by atoms with E-state index in [1.165, 1.54) is 0 Å². The van der Waals surface area contributed by atoms with Gasteiger partial charge in [0.2, 0.25) is 5.91 Å². The summed E-state index contributed by atoms with van der Waals surface area (Å²) in [4.78, 5) is 35.3. The van der Waals surface area contributed by atoms with E-state index in [-0.39, 0.29) is 25.3 Å². The number of benzene rings is 2. The zero-order valence-electron chi connectivity index (χ0n) is 15.0. The molecule has 0 spiro atoms. The van der Waals surface area contributed by atoms with Crippen molar-refractivity contribution < 1.29 is 19.1 Å². The predicted molar refractivity (Wildman–Crippen MR) is 104 cm³/mol. The SMILES string of the molecule is Cc1c(Cl)cccc1NC(=O)COC(=O)CCNC(=O)Cc1ccccc1. The number of hydrogen-bond donors (Lipinski definition) is 2. The zero-order valence-corrected chi connectivity index (χ0v) is 15.7. The Morgan fingerprint density at radius 1 is 1.00 bits per heavy atom. The number of ether oxygens (including phenoxy) is 1. The summed E-state index contributed by atoms with van der Waals surface area (Å²) >= 11 is 5.99. The lowest BCUT2D eigenvalue weighted by Gasteiger charge is -2.10. The van der Waals surface area contributed by atoms with Crippen molar-refractivity contribution in [3.63, 3.8) is 0 Å². The van der Waals surface area contributed by atoms with Crippen LogP contribution in [0.25, 0.3) is 0 Å². The van der Waals surface area contributed by atoms with E-state index < -0.39 is 18.5 Å². The van der Waals surface area contributed by atoms with Crippen LogP contribution in [0, 0.1) is 6.92 Å². The number of rotatable bonds is 8. The van der Waals surface area contributed by atoms with Gasteiger partial charge in [-0.2, -0.15) is 0 Å². The van der Waals surface area contributed by atoms with Crippen molar-refractivity contribution in [2.75, 3.05) is 18.5 Å². The first-order valence-electron chi connectivity index (χ1n) is 8.47. The van der Waals surface area contributed by atoms with E-state index in [1.54, 1.807) is 25.1 Å². The van der Waals surface area contributed by atoms with Gasteiger partial charge in [0.1, 0.15) is 0 Å². The van der Waals surface area contributed by atoms with Gasteiger partial charge in [0.15, 0.2) is 6.61 Å². The molecular formula is C20H21ClN2O4. The lowest BCUT2D eigenvalue weighted by atomic mass is 10.1. The second-order valence-corrected chi connectivity index (χ2v) is 6.29. The van der Waals surface area contributed by atoms with Gasteiger partial charge < -0.3 is 15.4 Å². The number of hydrogen-bond acceptors (Lipinski definition) is 4. The highest BCUT2D eigenvalue weighted by Crippen LogP contribution is 2.22. The first kappa shape index (κ1) is 20.5. The third kappa shape index (κ3) is 7.11. The van der Waals surface area contributed by atoms with Crippen LogP contribution in [0.1, 0.15) is 17.5 Å². The van der Waals surface area contributed by atoms with Crippen LogP contribution in [0.4, 0.5) is 5.69 Å². The lowest BCUT2D eigenvalue weighted by molar-refractivity contribution is -0.147. The normalized spacial score (nSPS) is 10.1. The average Bonchev–Trinajstić information content (AvgIpc) is 2.64. The molecule has 0 fully saturated rings. The van der Waals surface area contributed by atoms with Gasteiger partial charge in [-0.3, -0.25) is 14.4 Å². The third-order valence-electron chi connectivity index (χ3n) is 3.76. The molecular weight excluding hydrogens is 368 g/mol. The Labute approximate surface area is 162 Å². The second-order valence-electron chi connectivity index (χ2n) is 5.88. The highest BCUT2D eigenvalue weighted by molar-refractivity contribution is 6.31. The molecule has 0 aromatic heterocycles. The molecule has 0 aliphatic carbocycles. The van der Waals surface area contributed by atoms with E-state index in [9.17, 15) is 14.4 Å². The number of esters is 1. The summed E-state index contributed by atoms with van der Waals surface area (Å²) in [6.45, 7) is 1.53. The molecule has 7 heteroatoms. The van der Waals surface area contributed by atoms with E-state index >= 15 is 0 Å². The van der Waals surface area contributed by atoms with Crippen LogP contribution in [0.15, 0.2) is 48.5 Å². The van der Waals surface area contributed by atoms with Crippen LogP contribution in [0.5, 0.6) is 0 Å². The Morgan fingerprint density at radius 2 is 1.74 bits per heavy atom. The molecule has 0 atom stereocenters. The first-order valence-corrected chi connectivity index (χ1v) is 8.84. The number of amides is 2. The van der Waals surface area contributed by atoms with E-state index in [0.29, 0.717) is 10.7 Å². The molecule has 0 aliphatic heterocycles. The number of halogens is 1. The molecule has 0 aliphatic rings. The number of carbonyl (C=O) groups is 3. The topological polar surface area (TPSA) is 84.5 Å². The lowest BCUT2D eigenvalue weighted by Crippen LogP contribution is -2.28. The third-order valence-corrected chi connectivity index (χ3v) is 4.17. The van der Waals surface area contributed by atoms with Crippen molar-refractivity contribution in [1.29, 1.82) is 0 Å². The number of carbonyl (C=O) groups excluding carboxylic acids is 3. The molecule has 2 N–H and O–H groups in total. The summed E-state index contributed by atoms with van der Waals surface area (Å²) in [7, 11) is 0. The van der Waals surface area contributed by atoms with Crippen molar-refractivity contribution in [1.82, 2.24) is 5.32 Å². The summed E-state index contributed by atoms with van der Waals surface area (Å²) in [5.74, 6) is -1.20. The summed E-state index contributed by atoms with van der Waals surface area (Å²) in [6.07, 6.45) is 0.237. The van der Waals surface area contributed by atoms with Gasteiger partial charge in [0, 0.05) is 17.3 Å². The monoisotopic (exact) mass is 388 g/mol. The van der Waals surface area contributed by atoms with Crippen molar-refractivity contribution in [3.8, 4) is 0 Å². The highest BCUT2D eigenvalue weighted by atomic mass is 35.5. The van der Waals surface area contributed by atoms with Crippen LogP contribution >= 0.6 is 11.6 Å². The fourth-order valence-corrected chi connectivity index (χ4v) is 2.47. The maximum absolute atomic E-state index is 11.9. The Balaban J connectivity index is 1.65. The Morgan fingerprint density at radius 3 is 2.48 bits per heavy atom. The standard InChI is InChI=1S/C20H21ClN2O4/c1-14-16(21)8-5-9-17(14)23-19(25)13-27-20(26)10-11-22-18(24)12-15-6-3-2-4-7-15/h2-9H,10-13H2,1H3,(H,22,24)(H,23,25). The van der Waals surface area contributed by atoms with Gasteiger partial charge >= 0.3 is 5.97 Å². The van der Waals surface area contributed by atoms with Gasteiger partial charge in [-0.15, -0.1) is 0 Å². The van der Waals surface area contributed by atoms with E-state index in [0.717, 1.165) is 11.1 Å². The van der Waals surface area contributed by atoms with Gasteiger partial charge in [-0.05, 0) is 30.2 Å². The molecule has 0 radical (unpaired) electrons. The minimum Gasteiger partial charge on any atom is -0.456 e. The van der Waals surface area contributed by atoms with Gasteiger partial charge in [-0.1, -0.05) is 48.0 Å². The van der Waals surface area contributed by atoms with Crippen LogP contribution in [-0.2, 0) is 25.5 Å². The zero-order chi connectivity index (χ0) is 19.6. The van der Waals surface area contributed by atoms with Crippen LogP contribution < -0.4 is 10.6 Å². The van der Waals surface area contributed by atoms with E-state index in [4.69, 9.17) is 16.3 Å². The van der Waals surface area contributed by atoms with Crippen molar-refractivity contribution in [2.24, 2.45) is 0 Å². The molecule has 0 bridgehead atoms. The van der Waals surface area contributed by atoms with Crippen LogP contribution in [-0.4, -0.2) is 30.9 Å².